The van der Waals surface area contributed by atoms with Gasteiger partial charge in [-0.1, -0.05) is 6.07 Å². The van der Waals surface area contributed by atoms with Crippen molar-refractivity contribution in [1.82, 2.24) is 30.0 Å². The molecule has 1 fully saturated rings. The minimum Gasteiger partial charge on any atom is -0.392 e. The first-order chi connectivity index (χ1) is 11.9. The van der Waals surface area contributed by atoms with Crippen molar-refractivity contribution >= 4 is 0 Å². The molecule has 1 aliphatic rings. The number of nitrogens with zero attached hydrogens (tertiary/aromatic N) is 6. The highest BCUT2D eigenvalue weighted by Gasteiger charge is 2.26. The second kappa shape index (κ2) is 7.55. The van der Waals surface area contributed by atoms with Crippen molar-refractivity contribution in [3.8, 4) is 5.69 Å². The van der Waals surface area contributed by atoms with Crippen molar-refractivity contribution in [2.24, 2.45) is 0 Å². The van der Waals surface area contributed by atoms with Crippen molar-refractivity contribution in [1.29, 1.82) is 0 Å². The summed E-state index contributed by atoms with van der Waals surface area (Å²) in [7, 11) is 0. The van der Waals surface area contributed by atoms with E-state index in [1.807, 2.05) is 13.8 Å². The molecule has 0 aliphatic carbocycles. The molecule has 0 amide bonds. The Morgan fingerprint density at radius 1 is 1.36 bits per heavy atom. The molecule has 0 unspecified atom stereocenters. The number of benzene rings is 1. The molecule has 8 heteroatoms. The summed E-state index contributed by atoms with van der Waals surface area (Å²) in [5.74, 6) is 0.287. The van der Waals surface area contributed by atoms with Crippen molar-refractivity contribution in [2.45, 2.75) is 39.5 Å². The van der Waals surface area contributed by atoms with Crippen molar-refractivity contribution in [2.75, 3.05) is 26.2 Å². The minimum atomic E-state index is -0.339. The molecule has 7 nitrogen and oxygen atoms in total. The Labute approximate surface area is 147 Å². The van der Waals surface area contributed by atoms with E-state index in [-0.39, 0.29) is 11.9 Å². The van der Waals surface area contributed by atoms with E-state index in [0.717, 1.165) is 25.2 Å². The summed E-state index contributed by atoms with van der Waals surface area (Å²) in [5.41, 5.74) is 1.33. The topological polar surface area (TPSA) is 70.3 Å². The molecular weight excluding hydrogens is 323 g/mol. The normalized spacial score (nSPS) is 20.8. The van der Waals surface area contributed by atoms with Crippen LogP contribution in [0, 0.1) is 12.7 Å². The predicted molar refractivity (Wildman–Crippen MR) is 91.8 cm³/mol. The van der Waals surface area contributed by atoms with Crippen LogP contribution in [0.3, 0.4) is 0 Å². The molecule has 3 rings (SSSR count). The maximum absolute atomic E-state index is 14.2. The van der Waals surface area contributed by atoms with Gasteiger partial charge in [-0.2, -0.15) is 4.68 Å². The van der Waals surface area contributed by atoms with Gasteiger partial charge in [0.1, 0.15) is 11.5 Å². The number of β-amino-alcohol motifs (C(OH)–C–C–N with tert-alkyl or cyclic N) is 1. The Bertz CT molecular complexity index is 719. The number of hydrogen-bond donors (Lipinski definition) is 1. The van der Waals surface area contributed by atoms with Gasteiger partial charge >= 0.3 is 0 Å². The van der Waals surface area contributed by atoms with E-state index >= 15 is 0 Å². The molecule has 2 aromatic rings. The fourth-order valence-electron chi connectivity index (χ4n) is 3.30. The molecule has 0 spiro atoms. The number of aryl methyl sites for hydroxylation is 1. The van der Waals surface area contributed by atoms with Gasteiger partial charge in [-0.25, -0.2) is 4.39 Å². The van der Waals surface area contributed by atoms with E-state index in [4.69, 9.17) is 0 Å². The van der Waals surface area contributed by atoms with E-state index in [1.165, 1.54) is 10.7 Å². The molecule has 0 saturated carbocycles. The van der Waals surface area contributed by atoms with Crippen LogP contribution in [0.25, 0.3) is 5.69 Å². The van der Waals surface area contributed by atoms with Crippen LogP contribution >= 0.6 is 0 Å². The first-order valence-corrected chi connectivity index (χ1v) is 8.62. The highest BCUT2D eigenvalue weighted by molar-refractivity contribution is 5.36. The van der Waals surface area contributed by atoms with Crippen LogP contribution in [0.2, 0.25) is 0 Å². The largest absolute Gasteiger partial charge is 0.392 e. The van der Waals surface area contributed by atoms with Gasteiger partial charge in [0.05, 0.1) is 12.6 Å². The monoisotopic (exact) mass is 348 g/mol. The second-order valence-electron chi connectivity index (χ2n) is 6.89. The molecule has 0 radical (unpaired) electrons. The van der Waals surface area contributed by atoms with Gasteiger partial charge in [-0.3, -0.25) is 9.80 Å². The Balaban J connectivity index is 1.71. The highest BCUT2D eigenvalue weighted by atomic mass is 19.1. The van der Waals surface area contributed by atoms with Crippen molar-refractivity contribution in [3.05, 3.63) is 35.4 Å². The van der Waals surface area contributed by atoms with Crippen LogP contribution in [0.15, 0.2) is 18.2 Å². The average Bonchev–Trinajstić information content (AvgIpc) is 3.00. The van der Waals surface area contributed by atoms with Crippen LogP contribution in [-0.2, 0) is 6.54 Å². The third kappa shape index (κ3) is 4.20. The average molecular weight is 348 g/mol. The highest BCUT2D eigenvalue weighted by Crippen LogP contribution is 2.17. The third-order valence-corrected chi connectivity index (χ3v) is 4.58. The summed E-state index contributed by atoms with van der Waals surface area (Å²) in [6, 6.07) is 5.25. The quantitative estimate of drug-likeness (QED) is 0.869. The number of aliphatic hydroxyl groups is 1. The van der Waals surface area contributed by atoms with E-state index < -0.39 is 0 Å². The van der Waals surface area contributed by atoms with Crippen molar-refractivity contribution in [3.63, 3.8) is 0 Å². The Hall–Kier alpha value is -1.90. The zero-order valence-corrected chi connectivity index (χ0v) is 14.9. The van der Waals surface area contributed by atoms with E-state index in [2.05, 4.69) is 32.2 Å². The number of halogens is 1. The van der Waals surface area contributed by atoms with Crippen molar-refractivity contribution < 1.29 is 9.50 Å². The number of tetrazole rings is 1. The van der Waals surface area contributed by atoms with Gasteiger partial charge in [-0.15, -0.1) is 5.10 Å². The summed E-state index contributed by atoms with van der Waals surface area (Å²) in [5, 5.41) is 21.4. The lowest BCUT2D eigenvalue weighted by Gasteiger charge is -2.40. The maximum Gasteiger partial charge on any atom is 0.170 e. The summed E-state index contributed by atoms with van der Waals surface area (Å²) in [4.78, 5) is 4.55. The number of piperazine rings is 1. The Morgan fingerprint density at radius 3 is 2.88 bits per heavy atom. The molecule has 25 heavy (non-hydrogen) atoms. The molecule has 1 aliphatic heterocycles. The van der Waals surface area contributed by atoms with Gasteiger partial charge in [0, 0.05) is 32.2 Å². The van der Waals surface area contributed by atoms with E-state index in [9.17, 15) is 9.50 Å². The number of rotatable bonds is 5. The number of aliphatic hydroxyl groups excluding tert-OH is 1. The standard InChI is InChI=1S/C17H25FN6O/c1-12-4-5-15(18)16(8-12)24-17(19-20-21-24)11-22-6-7-23(10-14(3)25)13(2)9-22/h4-5,8,13-14,25H,6-7,9-11H2,1-3H3/t13-,14+/m0/s1. The fraction of sp³-hybridized carbons (Fsp3) is 0.588. The Kier molecular flexibility index (Phi) is 5.41. The summed E-state index contributed by atoms with van der Waals surface area (Å²) < 4.78 is 15.6. The van der Waals surface area contributed by atoms with Gasteiger partial charge in [0.15, 0.2) is 5.82 Å². The molecular formula is C17H25FN6O. The molecule has 2 atom stereocenters. The fourth-order valence-corrected chi connectivity index (χ4v) is 3.30. The van der Waals surface area contributed by atoms with Gasteiger partial charge in [0.25, 0.3) is 0 Å². The Morgan fingerprint density at radius 2 is 2.16 bits per heavy atom. The second-order valence-corrected chi connectivity index (χ2v) is 6.89. The molecule has 1 aromatic carbocycles. The predicted octanol–water partition coefficient (Wildman–Crippen LogP) is 0.997. The molecule has 2 heterocycles. The lowest BCUT2D eigenvalue weighted by Crippen LogP contribution is -2.53. The zero-order valence-electron chi connectivity index (χ0n) is 14.9. The van der Waals surface area contributed by atoms with Gasteiger partial charge in [0.2, 0.25) is 0 Å². The van der Waals surface area contributed by atoms with Gasteiger partial charge in [-0.05, 0) is 48.9 Å². The lowest BCUT2D eigenvalue weighted by molar-refractivity contribution is 0.0411. The summed E-state index contributed by atoms with van der Waals surface area (Å²) in [6.07, 6.45) is -0.328. The summed E-state index contributed by atoms with van der Waals surface area (Å²) in [6.45, 7) is 9.72. The maximum atomic E-state index is 14.2. The molecule has 1 N–H and O–H groups in total. The third-order valence-electron chi connectivity index (χ3n) is 4.58. The van der Waals surface area contributed by atoms with Crippen LogP contribution < -0.4 is 0 Å². The lowest BCUT2D eigenvalue weighted by atomic mass is 10.1. The first-order valence-electron chi connectivity index (χ1n) is 8.62. The van der Waals surface area contributed by atoms with Crippen LogP contribution in [0.5, 0.6) is 0 Å². The SMILES string of the molecule is Cc1ccc(F)c(-n2nnnc2CN2CCN(C[C@@H](C)O)[C@@H](C)C2)c1. The zero-order chi connectivity index (χ0) is 18.0. The molecule has 136 valence electrons. The van der Waals surface area contributed by atoms with Crippen LogP contribution in [-0.4, -0.2) is 73.4 Å². The smallest absolute Gasteiger partial charge is 0.170 e. The molecule has 1 aromatic heterocycles. The van der Waals surface area contributed by atoms with E-state index in [1.54, 1.807) is 12.1 Å². The number of aromatic nitrogens is 4. The minimum absolute atomic E-state index is 0.328. The van der Waals surface area contributed by atoms with Crippen LogP contribution in [0.4, 0.5) is 4.39 Å². The van der Waals surface area contributed by atoms with Crippen LogP contribution in [0.1, 0.15) is 25.2 Å². The number of hydrogen-bond acceptors (Lipinski definition) is 6. The van der Waals surface area contributed by atoms with Gasteiger partial charge < -0.3 is 5.11 Å². The molecule has 1 saturated heterocycles. The summed E-state index contributed by atoms with van der Waals surface area (Å²) >= 11 is 0. The first kappa shape index (κ1) is 17.9. The van der Waals surface area contributed by atoms with E-state index in [0.29, 0.717) is 30.6 Å². The molecule has 0 bridgehead atoms.